The molecule has 0 amide bonds. The molecule has 0 saturated heterocycles. The van der Waals surface area contributed by atoms with Crippen molar-refractivity contribution >= 4 is 0 Å². The predicted molar refractivity (Wildman–Crippen MR) is 60.8 cm³/mol. The smallest absolute Gasteiger partial charge is 0.122 e. The molecule has 0 radical (unpaired) electrons. The molecule has 0 aliphatic heterocycles. The van der Waals surface area contributed by atoms with Gasteiger partial charge < -0.3 is 10.8 Å². The first-order chi connectivity index (χ1) is 6.27. The van der Waals surface area contributed by atoms with E-state index in [0.29, 0.717) is 0 Å². The van der Waals surface area contributed by atoms with E-state index in [1.54, 1.807) is 6.92 Å². The van der Waals surface area contributed by atoms with Crippen LogP contribution in [-0.2, 0) is 0 Å². The average Bonchev–Trinajstić information content (AvgIpc) is 2.00. The Morgan fingerprint density at radius 3 is 2.14 bits per heavy atom. The standard InChI is InChI=1S/C12H23NO/c1-5-6-7-8-12(4,14)10-9-11(2,3)13/h14H,5-8,13H2,1-4H3. The molecule has 0 bridgehead atoms. The minimum atomic E-state index is -0.883. The molecule has 0 spiro atoms. The van der Waals surface area contributed by atoms with Gasteiger partial charge in [-0.25, -0.2) is 0 Å². The lowest BCUT2D eigenvalue weighted by molar-refractivity contribution is 0.109. The normalized spacial score (nSPS) is 15.6. The van der Waals surface area contributed by atoms with Crippen LogP contribution in [-0.4, -0.2) is 16.2 Å². The number of aliphatic hydroxyl groups is 1. The van der Waals surface area contributed by atoms with Gasteiger partial charge in [0.2, 0.25) is 0 Å². The number of hydrogen-bond acceptors (Lipinski definition) is 2. The van der Waals surface area contributed by atoms with Gasteiger partial charge in [0.1, 0.15) is 5.60 Å². The van der Waals surface area contributed by atoms with Gasteiger partial charge in [0.25, 0.3) is 0 Å². The third-order valence-electron chi connectivity index (χ3n) is 1.92. The van der Waals surface area contributed by atoms with Crippen LogP contribution < -0.4 is 5.73 Å². The highest BCUT2D eigenvalue weighted by molar-refractivity contribution is 5.19. The van der Waals surface area contributed by atoms with E-state index in [-0.39, 0.29) is 0 Å². The van der Waals surface area contributed by atoms with Crippen molar-refractivity contribution in [1.82, 2.24) is 0 Å². The second kappa shape index (κ2) is 5.38. The van der Waals surface area contributed by atoms with E-state index >= 15 is 0 Å². The molecular weight excluding hydrogens is 174 g/mol. The zero-order valence-electron chi connectivity index (χ0n) is 9.85. The lowest BCUT2D eigenvalue weighted by Gasteiger charge is -2.17. The molecule has 2 nitrogen and oxygen atoms in total. The van der Waals surface area contributed by atoms with Crippen LogP contribution in [0, 0.1) is 11.8 Å². The minimum absolute atomic E-state index is 0.519. The maximum absolute atomic E-state index is 9.88. The number of nitrogens with two attached hydrogens (primary N) is 1. The van der Waals surface area contributed by atoms with Crippen molar-refractivity contribution < 1.29 is 5.11 Å². The molecule has 0 aromatic carbocycles. The van der Waals surface area contributed by atoms with Gasteiger partial charge in [-0.3, -0.25) is 0 Å². The van der Waals surface area contributed by atoms with Gasteiger partial charge in [0.05, 0.1) is 5.54 Å². The summed E-state index contributed by atoms with van der Waals surface area (Å²) in [5.41, 5.74) is 4.31. The molecule has 0 aliphatic rings. The van der Waals surface area contributed by atoms with Crippen LogP contribution in [0.1, 0.15) is 53.4 Å². The molecule has 82 valence electrons. The molecule has 1 atom stereocenters. The van der Waals surface area contributed by atoms with E-state index in [1.165, 1.54) is 0 Å². The fourth-order valence-corrected chi connectivity index (χ4v) is 1.08. The molecule has 14 heavy (non-hydrogen) atoms. The zero-order valence-corrected chi connectivity index (χ0v) is 9.85. The molecular formula is C12H23NO. The Balaban J connectivity index is 4.10. The first-order valence-corrected chi connectivity index (χ1v) is 5.32. The van der Waals surface area contributed by atoms with Crippen LogP contribution >= 0.6 is 0 Å². The maximum Gasteiger partial charge on any atom is 0.122 e. The summed E-state index contributed by atoms with van der Waals surface area (Å²) in [5, 5.41) is 9.88. The van der Waals surface area contributed by atoms with E-state index in [1.807, 2.05) is 13.8 Å². The Hall–Kier alpha value is -0.520. The molecule has 0 rings (SSSR count). The van der Waals surface area contributed by atoms with Gasteiger partial charge in [0.15, 0.2) is 0 Å². The van der Waals surface area contributed by atoms with Crippen molar-refractivity contribution in [3.8, 4) is 11.8 Å². The number of hydrogen-bond donors (Lipinski definition) is 2. The fraction of sp³-hybridized carbons (Fsp3) is 0.833. The lowest BCUT2D eigenvalue weighted by Crippen LogP contribution is -2.31. The Kier molecular flexibility index (Phi) is 5.18. The van der Waals surface area contributed by atoms with Crippen molar-refractivity contribution in [2.45, 2.75) is 64.5 Å². The topological polar surface area (TPSA) is 46.2 Å². The summed E-state index contributed by atoms with van der Waals surface area (Å²) in [6, 6.07) is 0. The van der Waals surface area contributed by atoms with Crippen LogP contribution in [0.25, 0.3) is 0 Å². The molecule has 2 heteroatoms. The monoisotopic (exact) mass is 197 g/mol. The van der Waals surface area contributed by atoms with Crippen LogP contribution in [0.2, 0.25) is 0 Å². The van der Waals surface area contributed by atoms with Crippen LogP contribution in [0.5, 0.6) is 0 Å². The second-order valence-electron chi connectivity index (χ2n) is 4.70. The average molecular weight is 197 g/mol. The second-order valence-corrected chi connectivity index (χ2v) is 4.70. The summed E-state index contributed by atoms with van der Waals surface area (Å²) < 4.78 is 0. The SMILES string of the molecule is CCCCCC(C)(O)C#CC(C)(C)N. The molecule has 0 saturated carbocycles. The Labute approximate surface area is 87.9 Å². The summed E-state index contributed by atoms with van der Waals surface area (Å²) in [6.07, 6.45) is 4.04. The number of unbranched alkanes of at least 4 members (excludes halogenated alkanes) is 2. The first kappa shape index (κ1) is 13.5. The first-order valence-electron chi connectivity index (χ1n) is 5.32. The Morgan fingerprint density at radius 2 is 1.71 bits per heavy atom. The van der Waals surface area contributed by atoms with Crippen molar-refractivity contribution in [1.29, 1.82) is 0 Å². The largest absolute Gasteiger partial charge is 0.378 e. The van der Waals surface area contributed by atoms with Crippen molar-refractivity contribution in [2.75, 3.05) is 0 Å². The maximum atomic E-state index is 9.88. The van der Waals surface area contributed by atoms with E-state index in [4.69, 9.17) is 5.73 Å². The van der Waals surface area contributed by atoms with E-state index < -0.39 is 11.1 Å². The van der Waals surface area contributed by atoms with E-state index in [2.05, 4.69) is 18.8 Å². The molecule has 0 aromatic heterocycles. The summed E-state index contributed by atoms with van der Waals surface area (Å²) in [6.45, 7) is 7.56. The molecule has 0 aromatic rings. The quantitative estimate of drug-likeness (QED) is 0.535. The Morgan fingerprint density at radius 1 is 1.14 bits per heavy atom. The molecule has 3 N–H and O–H groups in total. The summed E-state index contributed by atoms with van der Waals surface area (Å²) in [7, 11) is 0. The highest BCUT2D eigenvalue weighted by Gasteiger charge is 2.16. The van der Waals surface area contributed by atoms with Gasteiger partial charge in [-0.2, -0.15) is 0 Å². The van der Waals surface area contributed by atoms with Gasteiger partial charge in [-0.15, -0.1) is 0 Å². The highest BCUT2D eigenvalue weighted by atomic mass is 16.3. The van der Waals surface area contributed by atoms with E-state index in [9.17, 15) is 5.11 Å². The molecule has 0 fully saturated rings. The van der Waals surface area contributed by atoms with Gasteiger partial charge in [-0.1, -0.05) is 31.6 Å². The number of rotatable bonds is 4. The van der Waals surface area contributed by atoms with Gasteiger partial charge in [0, 0.05) is 0 Å². The van der Waals surface area contributed by atoms with Gasteiger partial charge >= 0.3 is 0 Å². The molecule has 0 aliphatic carbocycles. The van der Waals surface area contributed by atoms with Gasteiger partial charge in [-0.05, 0) is 33.6 Å². The van der Waals surface area contributed by atoms with Crippen LogP contribution in [0.4, 0.5) is 0 Å². The van der Waals surface area contributed by atoms with Crippen molar-refractivity contribution in [3.63, 3.8) is 0 Å². The third kappa shape index (κ3) is 8.10. The molecule has 1 unspecified atom stereocenters. The summed E-state index contributed by atoms with van der Waals surface area (Å²) in [5.74, 6) is 5.71. The summed E-state index contributed by atoms with van der Waals surface area (Å²) >= 11 is 0. The Bertz CT molecular complexity index is 215. The lowest BCUT2D eigenvalue weighted by atomic mass is 9.97. The predicted octanol–water partition coefficient (Wildman–Crippen LogP) is 2.06. The van der Waals surface area contributed by atoms with Crippen molar-refractivity contribution in [2.24, 2.45) is 5.73 Å². The van der Waals surface area contributed by atoms with Crippen LogP contribution in [0.15, 0.2) is 0 Å². The van der Waals surface area contributed by atoms with Crippen LogP contribution in [0.3, 0.4) is 0 Å². The van der Waals surface area contributed by atoms with Crippen molar-refractivity contribution in [3.05, 3.63) is 0 Å². The minimum Gasteiger partial charge on any atom is -0.378 e. The fourth-order valence-electron chi connectivity index (χ4n) is 1.08. The third-order valence-corrected chi connectivity index (χ3v) is 1.92. The van der Waals surface area contributed by atoms with E-state index in [0.717, 1.165) is 25.7 Å². The summed E-state index contributed by atoms with van der Waals surface area (Å²) in [4.78, 5) is 0. The molecule has 0 heterocycles. The highest BCUT2D eigenvalue weighted by Crippen LogP contribution is 2.13. The zero-order chi connectivity index (χ0) is 11.2.